The minimum atomic E-state index is -0.596. The summed E-state index contributed by atoms with van der Waals surface area (Å²) in [5, 5.41) is 2.58. The van der Waals surface area contributed by atoms with Crippen LogP contribution >= 0.6 is 11.6 Å². The van der Waals surface area contributed by atoms with Gasteiger partial charge in [-0.1, -0.05) is 41.9 Å². The van der Waals surface area contributed by atoms with Crippen molar-refractivity contribution in [1.29, 1.82) is 0 Å². The second-order valence-corrected chi connectivity index (χ2v) is 7.45. The Morgan fingerprint density at radius 2 is 1.80 bits per heavy atom. The van der Waals surface area contributed by atoms with E-state index in [2.05, 4.69) is 5.32 Å². The molecule has 2 amide bonds. The summed E-state index contributed by atoms with van der Waals surface area (Å²) in [6, 6.07) is 16.3. The number of halogens is 3. The molecule has 3 aromatic rings. The Labute approximate surface area is 177 Å². The normalized spacial score (nSPS) is 13.8. The van der Waals surface area contributed by atoms with Gasteiger partial charge in [0.05, 0.1) is 17.5 Å². The standard InChI is InChI=1S/C23H17ClF2N2O2/c24-19-11-17(9-10-20(19)26)27-22(29)12-21(14-5-7-16(25)8-6-14)28-13-15-3-1-2-4-18(15)23(28)30/h1-11,21H,12-13H2,(H,27,29). The maximum absolute atomic E-state index is 13.4. The monoisotopic (exact) mass is 426 g/mol. The summed E-state index contributed by atoms with van der Waals surface area (Å²) in [4.78, 5) is 27.3. The number of hydrogen-bond donors (Lipinski definition) is 1. The molecule has 1 N–H and O–H groups in total. The quantitative estimate of drug-likeness (QED) is 0.598. The van der Waals surface area contributed by atoms with Gasteiger partial charge in [0, 0.05) is 17.8 Å². The Kier molecular flexibility index (Phi) is 5.50. The highest BCUT2D eigenvalue weighted by Crippen LogP contribution is 2.34. The first kappa shape index (κ1) is 20.0. The summed E-state index contributed by atoms with van der Waals surface area (Å²) >= 11 is 5.77. The second-order valence-electron chi connectivity index (χ2n) is 7.04. The number of nitrogens with zero attached hydrogens (tertiary/aromatic N) is 1. The van der Waals surface area contributed by atoms with Crippen molar-refractivity contribution in [2.24, 2.45) is 0 Å². The molecule has 30 heavy (non-hydrogen) atoms. The number of hydrogen-bond acceptors (Lipinski definition) is 2. The van der Waals surface area contributed by atoms with Gasteiger partial charge in [-0.2, -0.15) is 0 Å². The number of rotatable bonds is 5. The first-order chi connectivity index (χ1) is 14.4. The first-order valence-corrected chi connectivity index (χ1v) is 9.69. The van der Waals surface area contributed by atoms with Crippen molar-refractivity contribution in [2.45, 2.75) is 19.0 Å². The van der Waals surface area contributed by atoms with E-state index in [1.165, 1.54) is 24.3 Å². The highest BCUT2D eigenvalue weighted by Gasteiger charge is 2.34. The van der Waals surface area contributed by atoms with E-state index >= 15 is 0 Å². The molecule has 0 fully saturated rings. The minimum Gasteiger partial charge on any atom is -0.327 e. The number of nitrogens with one attached hydrogen (secondary N) is 1. The average molecular weight is 427 g/mol. The Morgan fingerprint density at radius 3 is 2.50 bits per heavy atom. The number of fused-ring (bicyclic) bond motifs is 1. The molecule has 1 unspecified atom stereocenters. The van der Waals surface area contributed by atoms with Gasteiger partial charge >= 0.3 is 0 Å². The molecule has 1 aliphatic rings. The Morgan fingerprint density at radius 1 is 1.07 bits per heavy atom. The summed E-state index contributed by atoms with van der Waals surface area (Å²) < 4.78 is 26.8. The minimum absolute atomic E-state index is 0.0552. The van der Waals surface area contributed by atoms with Gasteiger partial charge in [-0.25, -0.2) is 8.78 Å². The van der Waals surface area contributed by atoms with E-state index in [1.54, 1.807) is 29.2 Å². The maximum atomic E-state index is 13.4. The molecule has 0 radical (unpaired) electrons. The molecular formula is C23H17ClF2N2O2. The van der Waals surface area contributed by atoms with Crippen LogP contribution in [0.4, 0.5) is 14.5 Å². The van der Waals surface area contributed by atoms with E-state index in [0.717, 1.165) is 11.6 Å². The van der Waals surface area contributed by atoms with Gasteiger partial charge in [-0.05, 0) is 47.5 Å². The van der Waals surface area contributed by atoms with Crippen LogP contribution in [0.1, 0.15) is 33.9 Å². The number of carbonyl (C=O) groups excluding carboxylic acids is 2. The van der Waals surface area contributed by atoms with Crippen LogP contribution in [0.2, 0.25) is 5.02 Å². The van der Waals surface area contributed by atoms with Gasteiger partial charge < -0.3 is 10.2 Å². The molecule has 7 heteroatoms. The molecule has 0 saturated carbocycles. The van der Waals surface area contributed by atoms with Crippen LogP contribution in [-0.2, 0) is 11.3 Å². The first-order valence-electron chi connectivity index (χ1n) is 9.31. The second kappa shape index (κ2) is 8.24. The summed E-state index contributed by atoms with van der Waals surface area (Å²) in [7, 11) is 0. The number of benzene rings is 3. The summed E-state index contributed by atoms with van der Waals surface area (Å²) in [5.74, 6) is -1.55. The SMILES string of the molecule is O=C(CC(c1ccc(F)cc1)N1Cc2ccccc2C1=O)Nc1ccc(F)c(Cl)c1. The molecule has 0 spiro atoms. The van der Waals surface area contributed by atoms with Crippen molar-refractivity contribution in [3.05, 3.63) is 100 Å². The molecule has 0 bridgehead atoms. The van der Waals surface area contributed by atoms with Crippen molar-refractivity contribution < 1.29 is 18.4 Å². The third-order valence-electron chi connectivity index (χ3n) is 5.06. The van der Waals surface area contributed by atoms with E-state index in [-0.39, 0.29) is 23.3 Å². The fourth-order valence-electron chi connectivity index (χ4n) is 3.58. The van der Waals surface area contributed by atoms with Crippen LogP contribution in [0.15, 0.2) is 66.7 Å². The van der Waals surface area contributed by atoms with Gasteiger partial charge in [0.25, 0.3) is 5.91 Å². The zero-order valence-electron chi connectivity index (χ0n) is 15.7. The molecule has 4 nitrogen and oxygen atoms in total. The highest BCUT2D eigenvalue weighted by atomic mass is 35.5. The molecule has 0 aliphatic carbocycles. The van der Waals surface area contributed by atoms with Crippen LogP contribution < -0.4 is 5.32 Å². The number of amides is 2. The lowest BCUT2D eigenvalue weighted by molar-refractivity contribution is -0.117. The van der Waals surface area contributed by atoms with E-state index in [4.69, 9.17) is 11.6 Å². The van der Waals surface area contributed by atoms with Gasteiger partial charge in [-0.3, -0.25) is 9.59 Å². The Balaban J connectivity index is 1.60. The van der Waals surface area contributed by atoms with Crippen LogP contribution in [0, 0.1) is 11.6 Å². The van der Waals surface area contributed by atoms with Crippen molar-refractivity contribution in [2.75, 3.05) is 5.32 Å². The summed E-state index contributed by atoms with van der Waals surface area (Å²) in [6.07, 6.45) is -0.0552. The smallest absolute Gasteiger partial charge is 0.255 e. The molecule has 1 aliphatic heterocycles. The van der Waals surface area contributed by atoms with Crippen molar-refractivity contribution in [3.8, 4) is 0 Å². The zero-order valence-corrected chi connectivity index (χ0v) is 16.5. The third kappa shape index (κ3) is 4.04. The van der Waals surface area contributed by atoms with E-state index in [9.17, 15) is 18.4 Å². The molecule has 1 atom stereocenters. The van der Waals surface area contributed by atoms with E-state index in [0.29, 0.717) is 23.4 Å². The predicted molar refractivity (Wildman–Crippen MR) is 110 cm³/mol. The third-order valence-corrected chi connectivity index (χ3v) is 5.35. The molecule has 3 aromatic carbocycles. The van der Waals surface area contributed by atoms with Crippen molar-refractivity contribution >= 4 is 29.1 Å². The van der Waals surface area contributed by atoms with Crippen LogP contribution in [0.5, 0.6) is 0 Å². The molecule has 0 aromatic heterocycles. The predicted octanol–water partition coefficient (Wildman–Crippen LogP) is 5.34. The fourth-order valence-corrected chi connectivity index (χ4v) is 3.76. The van der Waals surface area contributed by atoms with Crippen LogP contribution in [0.3, 0.4) is 0 Å². The van der Waals surface area contributed by atoms with Crippen molar-refractivity contribution in [1.82, 2.24) is 4.90 Å². The molecule has 4 rings (SSSR count). The highest BCUT2D eigenvalue weighted by molar-refractivity contribution is 6.31. The van der Waals surface area contributed by atoms with E-state index in [1.807, 2.05) is 12.1 Å². The van der Waals surface area contributed by atoms with Gasteiger partial charge in [0.2, 0.25) is 5.91 Å². The topological polar surface area (TPSA) is 49.4 Å². The molecule has 1 heterocycles. The van der Waals surface area contributed by atoms with E-state index < -0.39 is 17.7 Å². The lowest BCUT2D eigenvalue weighted by Gasteiger charge is -2.28. The number of carbonyl (C=O) groups is 2. The molecular weight excluding hydrogens is 410 g/mol. The summed E-state index contributed by atoms with van der Waals surface area (Å²) in [5.41, 5.74) is 2.46. The van der Waals surface area contributed by atoms with Crippen LogP contribution in [-0.4, -0.2) is 16.7 Å². The van der Waals surface area contributed by atoms with Gasteiger partial charge in [0.15, 0.2) is 0 Å². The molecule has 0 saturated heterocycles. The lowest BCUT2D eigenvalue weighted by atomic mass is 10.0. The largest absolute Gasteiger partial charge is 0.327 e. The molecule has 152 valence electrons. The fraction of sp³-hybridized carbons (Fsp3) is 0.130. The maximum Gasteiger partial charge on any atom is 0.255 e. The Hall–Kier alpha value is -3.25. The van der Waals surface area contributed by atoms with Crippen molar-refractivity contribution in [3.63, 3.8) is 0 Å². The summed E-state index contributed by atoms with van der Waals surface area (Å²) in [6.45, 7) is 0.354. The zero-order chi connectivity index (χ0) is 21.3. The van der Waals surface area contributed by atoms with Crippen LogP contribution in [0.25, 0.3) is 0 Å². The van der Waals surface area contributed by atoms with Gasteiger partial charge in [0.1, 0.15) is 11.6 Å². The lowest BCUT2D eigenvalue weighted by Crippen LogP contribution is -2.32. The Bertz CT molecular complexity index is 1120. The average Bonchev–Trinajstić information content (AvgIpc) is 3.06. The number of anilines is 1. The van der Waals surface area contributed by atoms with Gasteiger partial charge in [-0.15, -0.1) is 0 Å².